The van der Waals surface area contributed by atoms with Gasteiger partial charge >= 0.3 is 0 Å². The van der Waals surface area contributed by atoms with Crippen LogP contribution in [0.3, 0.4) is 0 Å². The Labute approximate surface area is 127 Å². The average Bonchev–Trinajstić information content (AvgIpc) is 3.02. The molecule has 21 heavy (non-hydrogen) atoms. The molecule has 0 fully saturated rings. The highest BCUT2D eigenvalue weighted by atomic mass is 35.5. The molecule has 0 aliphatic heterocycles. The zero-order valence-electron chi connectivity index (χ0n) is 11.0. The van der Waals surface area contributed by atoms with Gasteiger partial charge in [0.25, 0.3) is 5.91 Å². The first-order chi connectivity index (χ1) is 10.2. The minimum Gasteiger partial charge on any atom is -0.324 e. The third-order valence-electron chi connectivity index (χ3n) is 3.00. The second-order valence-corrected chi connectivity index (χ2v) is 4.85. The number of rotatable bonds is 3. The van der Waals surface area contributed by atoms with E-state index in [-0.39, 0.29) is 5.91 Å². The number of halogens is 1. The molecule has 1 N–H and O–H groups in total. The molecule has 104 valence electrons. The van der Waals surface area contributed by atoms with Gasteiger partial charge in [-0.25, -0.2) is 4.98 Å². The number of nitrogens with zero attached hydrogens (tertiary/aromatic N) is 2. The fourth-order valence-electron chi connectivity index (χ4n) is 1.96. The van der Waals surface area contributed by atoms with Gasteiger partial charge < -0.3 is 9.88 Å². The smallest absolute Gasteiger partial charge is 0.257 e. The van der Waals surface area contributed by atoms with Gasteiger partial charge in [-0.1, -0.05) is 17.7 Å². The van der Waals surface area contributed by atoms with Gasteiger partial charge in [0.05, 0.1) is 5.56 Å². The van der Waals surface area contributed by atoms with E-state index in [0.717, 1.165) is 11.4 Å². The molecule has 0 unspecified atom stereocenters. The molecule has 0 saturated carbocycles. The Hall–Kier alpha value is -2.59. The third kappa shape index (κ3) is 3.12. The number of carbonyl (C=O) groups excluding carboxylic acids is 1. The molecule has 5 heteroatoms. The SMILES string of the molecule is O=C(Nc1cccc(-n2cccc2)c1)c1ccc(Cl)nc1. The Morgan fingerprint density at radius 2 is 1.90 bits per heavy atom. The molecular formula is C16H12ClN3O. The minimum atomic E-state index is -0.219. The van der Waals surface area contributed by atoms with Crippen LogP contribution in [-0.4, -0.2) is 15.5 Å². The van der Waals surface area contributed by atoms with Crippen molar-refractivity contribution in [1.29, 1.82) is 0 Å². The molecular weight excluding hydrogens is 286 g/mol. The van der Waals surface area contributed by atoms with Crippen LogP contribution < -0.4 is 5.32 Å². The highest BCUT2D eigenvalue weighted by Gasteiger charge is 2.07. The number of nitrogens with one attached hydrogen (secondary N) is 1. The number of benzene rings is 1. The maximum atomic E-state index is 12.1. The Bertz CT molecular complexity index is 751. The van der Waals surface area contributed by atoms with Gasteiger partial charge in [0.2, 0.25) is 0 Å². The second kappa shape index (κ2) is 5.81. The summed E-state index contributed by atoms with van der Waals surface area (Å²) >= 11 is 5.71. The zero-order chi connectivity index (χ0) is 14.7. The fourth-order valence-corrected chi connectivity index (χ4v) is 2.08. The molecule has 0 saturated heterocycles. The average molecular weight is 298 g/mol. The van der Waals surface area contributed by atoms with E-state index in [2.05, 4.69) is 10.3 Å². The molecule has 1 aromatic carbocycles. The first-order valence-corrected chi connectivity index (χ1v) is 6.76. The van der Waals surface area contributed by atoms with Crippen molar-refractivity contribution in [3.05, 3.63) is 77.8 Å². The zero-order valence-corrected chi connectivity index (χ0v) is 11.8. The molecule has 0 atom stereocenters. The van der Waals surface area contributed by atoms with Crippen molar-refractivity contribution in [3.63, 3.8) is 0 Å². The van der Waals surface area contributed by atoms with Gasteiger partial charge in [0.1, 0.15) is 5.15 Å². The van der Waals surface area contributed by atoms with E-state index < -0.39 is 0 Å². The number of aromatic nitrogens is 2. The number of hydrogen-bond acceptors (Lipinski definition) is 2. The summed E-state index contributed by atoms with van der Waals surface area (Å²) in [5, 5.41) is 3.21. The third-order valence-corrected chi connectivity index (χ3v) is 3.22. The summed E-state index contributed by atoms with van der Waals surface area (Å²) in [5.74, 6) is -0.219. The number of pyridine rings is 1. The normalized spacial score (nSPS) is 10.3. The fraction of sp³-hybridized carbons (Fsp3) is 0. The lowest BCUT2D eigenvalue weighted by Crippen LogP contribution is -2.12. The highest BCUT2D eigenvalue weighted by molar-refractivity contribution is 6.29. The topological polar surface area (TPSA) is 46.9 Å². The van der Waals surface area contributed by atoms with Crippen molar-refractivity contribution < 1.29 is 4.79 Å². The monoisotopic (exact) mass is 297 g/mol. The van der Waals surface area contributed by atoms with Crippen LogP contribution in [-0.2, 0) is 0 Å². The molecule has 0 aliphatic carbocycles. The summed E-state index contributed by atoms with van der Waals surface area (Å²) in [6, 6.07) is 14.7. The molecule has 0 bridgehead atoms. The summed E-state index contributed by atoms with van der Waals surface area (Å²) in [7, 11) is 0. The molecule has 0 aliphatic rings. The van der Waals surface area contributed by atoms with Gasteiger partial charge in [0.15, 0.2) is 0 Å². The Morgan fingerprint density at radius 1 is 1.10 bits per heavy atom. The van der Waals surface area contributed by atoms with E-state index in [0.29, 0.717) is 10.7 Å². The lowest BCUT2D eigenvalue weighted by atomic mass is 10.2. The first-order valence-electron chi connectivity index (χ1n) is 6.39. The first kappa shape index (κ1) is 13.4. The van der Waals surface area contributed by atoms with Crippen LogP contribution in [0.5, 0.6) is 0 Å². The summed E-state index contributed by atoms with van der Waals surface area (Å²) in [4.78, 5) is 16.0. The molecule has 3 aromatic rings. The summed E-state index contributed by atoms with van der Waals surface area (Å²) in [6.07, 6.45) is 5.35. The molecule has 2 heterocycles. The van der Waals surface area contributed by atoms with E-state index in [1.165, 1.54) is 6.20 Å². The minimum absolute atomic E-state index is 0.219. The summed E-state index contributed by atoms with van der Waals surface area (Å²) in [5.41, 5.74) is 2.17. The van der Waals surface area contributed by atoms with Gasteiger partial charge in [-0.05, 0) is 42.5 Å². The van der Waals surface area contributed by atoms with Crippen LogP contribution in [0.25, 0.3) is 5.69 Å². The van der Waals surface area contributed by atoms with E-state index in [4.69, 9.17) is 11.6 Å². The Morgan fingerprint density at radius 3 is 2.62 bits per heavy atom. The largest absolute Gasteiger partial charge is 0.324 e. The van der Waals surface area contributed by atoms with Crippen LogP contribution in [0.4, 0.5) is 5.69 Å². The van der Waals surface area contributed by atoms with Gasteiger partial charge in [-0.3, -0.25) is 4.79 Å². The van der Waals surface area contributed by atoms with Crippen LogP contribution in [0.2, 0.25) is 5.15 Å². The van der Waals surface area contributed by atoms with Crippen LogP contribution in [0.1, 0.15) is 10.4 Å². The molecule has 0 radical (unpaired) electrons. The van der Waals surface area contributed by atoms with Crippen molar-refractivity contribution in [3.8, 4) is 5.69 Å². The molecule has 1 amide bonds. The maximum Gasteiger partial charge on any atom is 0.257 e. The van der Waals surface area contributed by atoms with Gasteiger partial charge in [-0.2, -0.15) is 0 Å². The second-order valence-electron chi connectivity index (χ2n) is 4.46. The molecule has 2 aromatic heterocycles. The number of anilines is 1. The molecule has 4 nitrogen and oxygen atoms in total. The van der Waals surface area contributed by atoms with Crippen molar-refractivity contribution in [1.82, 2.24) is 9.55 Å². The lowest BCUT2D eigenvalue weighted by Gasteiger charge is -2.08. The predicted molar refractivity (Wildman–Crippen MR) is 83.0 cm³/mol. The van der Waals surface area contributed by atoms with E-state index in [9.17, 15) is 4.79 Å². The predicted octanol–water partition coefficient (Wildman–Crippen LogP) is 3.78. The van der Waals surface area contributed by atoms with Crippen molar-refractivity contribution in [2.24, 2.45) is 0 Å². The maximum absolute atomic E-state index is 12.1. The number of amides is 1. The quantitative estimate of drug-likeness (QED) is 0.748. The standard InChI is InChI=1S/C16H12ClN3O/c17-15-7-6-12(11-18-15)16(21)19-13-4-3-5-14(10-13)20-8-1-2-9-20/h1-11H,(H,19,21). The van der Waals surface area contributed by atoms with Crippen molar-refractivity contribution in [2.45, 2.75) is 0 Å². The number of carbonyl (C=O) groups is 1. The van der Waals surface area contributed by atoms with Crippen molar-refractivity contribution in [2.75, 3.05) is 5.32 Å². The summed E-state index contributed by atoms with van der Waals surface area (Å²) < 4.78 is 1.97. The van der Waals surface area contributed by atoms with Gasteiger partial charge in [0, 0.05) is 30.0 Å². The van der Waals surface area contributed by atoms with Gasteiger partial charge in [-0.15, -0.1) is 0 Å². The van der Waals surface area contributed by atoms with Crippen molar-refractivity contribution >= 4 is 23.2 Å². The number of hydrogen-bond donors (Lipinski definition) is 1. The van der Waals surface area contributed by atoms with Crippen LogP contribution in [0, 0.1) is 0 Å². The van der Waals surface area contributed by atoms with E-state index >= 15 is 0 Å². The highest BCUT2D eigenvalue weighted by Crippen LogP contribution is 2.16. The summed E-state index contributed by atoms with van der Waals surface area (Å²) in [6.45, 7) is 0. The van der Waals surface area contributed by atoms with E-state index in [1.54, 1.807) is 12.1 Å². The Balaban J connectivity index is 1.80. The van der Waals surface area contributed by atoms with E-state index in [1.807, 2.05) is 53.4 Å². The van der Waals surface area contributed by atoms with Crippen LogP contribution in [0.15, 0.2) is 67.1 Å². The molecule has 0 spiro atoms. The lowest BCUT2D eigenvalue weighted by molar-refractivity contribution is 0.102. The Kier molecular flexibility index (Phi) is 3.71. The van der Waals surface area contributed by atoms with Crippen LogP contribution >= 0.6 is 11.6 Å². The molecule has 3 rings (SSSR count).